The summed E-state index contributed by atoms with van der Waals surface area (Å²) in [5.74, 6) is -1.36. The summed E-state index contributed by atoms with van der Waals surface area (Å²) in [7, 11) is 0. The highest BCUT2D eigenvalue weighted by Crippen LogP contribution is 2.37. The number of rotatable bonds is 3. The van der Waals surface area contributed by atoms with Gasteiger partial charge in [0.15, 0.2) is 10.8 Å². The molecule has 0 saturated carbocycles. The lowest BCUT2D eigenvalue weighted by atomic mass is 10.0. The maximum absolute atomic E-state index is 12.8. The van der Waals surface area contributed by atoms with Crippen LogP contribution in [-0.2, 0) is 4.79 Å². The van der Waals surface area contributed by atoms with Gasteiger partial charge in [0.05, 0.1) is 6.26 Å². The molecule has 0 radical (unpaired) electrons. The Hall–Kier alpha value is -2.93. The summed E-state index contributed by atoms with van der Waals surface area (Å²) >= 11 is 1.31. The molecule has 0 fully saturated rings. The van der Waals surface area contributed by atoms with Crippen molar-refractivity contribution in [1.29, 1.82) is 0 Å². The Morgan fingerprint density at radius 3 is 2.83 bits per heavy atom. The van der Waals surface area contributed by atoms with Crippen LogP contribution in [-0.4, -0.2) is 28.5 Å². The SMILES string of the molecule is O=C(O)C1CN(C(=O)c2csc(-c3ccco3)n2)c2ccccc21. The van der Waals surface area contributed by atoms with E-state index >= 15 is 0 Å². The first-order valence-electron chi connectivity index (χ1n) is 7.28. The van der Waals surface area contributed by atoms with Gasteiger partial charge in [-0.1, -0.05) is 18.2 Å². The van der Waals surface area contributed by atoms with Gasteiger partial charge in [0, 0.05) is 17.6 Å². The van der Waals surface area contributed by atoms with E-state index in [2.05, 4.69) is 4.98 Å². The fourth-order valence-corrected chi connectivity index (χ4v) is 3.59. The maximum atomic E-state index is 12.8. The maximum Gasteiger partial charge on any atom is 0.312 e. The first kappa shape index (κ1) is 14.6. The number of carbonyl (C=O) groups is 2. The number of benzene rings is 1. The van der Waals surface area contributed by atoms with E-state index in [1.54, 1.807) is 48.0 Å². The molecule has 1 aliphatic heterocycles. The zero-order valence-electron chi connectivity index (χ0n) is 12.4. The summed E-state index contributed by atoms with van der Waals surface area (Å²) in [5, 5.41) is 11.7. The molecule has 3 aromatic rings. The van der Waals surface area contributed by atoms with E-state index in [0.29, 0.717) is 22.0 Å². The summed E-state index contributed by atoms with van der Waals surface area (Å²) in [6.07, 6.45) is 1.55. The highest BCUT2D eigenvalue weighted by atomic mass is 32.1. The van der Waals surface area contributed by atoms with Crippen molar-refractivity contribution in [1.82, 2.24) is 4.98 Å². The first-order chi connectivity index (χ1) is 11.6. The van der Waals surface area contributed by atoms with E-state index in [1.165, 1.54) is 16.2 Å². The van der Waals surface area contributed by atoms with Gasteiger partial charge in [0.25, 0.3) is 5.91 Å². The van der Waals surface area contributed by atoms with Crippen molar-refractivity contribution < 1.29 is 19.1 Å². The topological polar surface area (TPSA) is 83.6 Å². The van der Waals surface area contributed by atoms with Gasteiger partial charge in [-0.25, -0.2) is 4.98 Å². The number of carboxylic acid groups (broad SMARTS) is 1. The van der Waals surface area contributed by atoms with Gasteiger partial charge in [-0.3, -0.25) is 9.59 Å². The lowest BCUT2D eigenvalue weighted by molar-refractivity contribution is -0.138. The molecule has 0 spiro atoms. The molecule has 7 heteroatoms. The third kappa shape index (κ3) is 2.30. The van der Waals surface area contributed by atoms with Crippen molar-refractivity contribution in [2.24, 2.45) is 0 Å². The Kier molecular flexibility index (Phi) is 3.42. The normalized spacial score (nSPS) is 16.2. The number of hydrogen-bond donors (Lipinski definition) is 1. The Morgan fingerprint density at radius 1 is 1.25 bits per heavy atom. The summed E-state index contributed by atoms with van der Waals surface area (Å²) in [4.78, 5) is 30.1. The number of aromatic nitrogens is 1. The monoisotopic (exact) mass is 340 g/mol. The highest BCUT2D eigenvalue weighted by molar-refractivity contribution is 7.13. The van der Waals surface area contributed by atoms with Gasteiger partial charge in [-0.05, 0) is 23.8 Å². The molecule has 2 aromatic heterocycles. The van der Waals surface area contributed by atoms with E-state index in [1.807, 2.05) is 0 Å². The second kappa shape index (κ2) is 5.61. The lowest BCUT2D eigenvalue weighted by Crippen LogP contribution is -2.31. The fraction of sp³-hybridized carbons (Fsp3) is 0.118. The molecule has 1 aliphatic rings. The van der Waals surface area contributed by atoms with Gasteiger partial charge in [0.1, 0.15) is 11.6 Å². The second-order valence-corrected chi connectivity index (χ2v) is 6.24. The van der Waals surface area contributed by atoms with Crippen molar-refractivity contribution >= 4 is 28.9 Å². The summed E-state index contributed by atoms with van der Waals surface area (Å²) in [5.41, 5.74) is 1.56. The molecule has 0 saturated heterocycles. The van der Waals surface area contributed by atoms with E-state index in [-0.39, 0.29) is 18.1 Å². The number of hydrogen-bond acceptors (Lipinski definition) is 5. The molecule has 1 amide bonds. The number of para-hydroxylation sites is 1. The van der Waals surface area contributed by atoms with Crippen molar-refractivity contribution in [3.8, 4) is 10.8 Å². The molecule has 1 unspecified atom stereocenters. The number of thiazole rings is 1. The van der Waals surface area contributed by atoms with Gasteiger partial charge in [-0.15, -0.1) is 11.3 Å². The van der Waals surface area contributed by atoms with Crippen LogP contribution in [0.25, 0.3) is 10.8 Å². The fourth-order valence-electron chi connectivity index (χ4n) is 2.83. The largest absolute Gasteiger partial charge is 0.481 e. The van der Waals surface area contributed by atoms with Crippen LogP contribution < -0.4 is 4.90 Å². The van der Waals surface area contributed by atoms with Crippen molar-refractivity contribution in [3.63, 3.8) is 0 Å². The molecular formula is C17H12N2O4S. The first-order valence-corrected chi connectivity index (χ1v) is 8.16. The molecule has 3 heterocycles. The third-order valence-corrected chi connectivity index (χ3v) is 4.82. The molecule has 24 heavy (non-hydrogen) atoms. The standard InChI is InChI=1S/C17H12N2O4S/c20-16(12-9-24-15(18-12)14-6-3-7-23-14)19-8-11(17(21)22)10-4-1-2-5-13(10)19/h1-7,9,11H,8H2,(H,21,22). The molecule has 6 nitrogen and oxygen atoms in total. The number of carbonyl (C=O) groups excluding carboxylic acids is 1. The van der Waals surface area contributed by atoms with E-state index in [0.717, 1.165) is 0 Å². The zero-order chi connectivity index (χ0) is 16.7. The van der Waals surface area contributed by atoms with Crippen LogP contribution in [0.3, 0.4) is 0 Å². The van der Waals surface area contributed by atoms with Crippen LogP contribution in [0, 0.1) is 0 Å². The Labute approximate surface area is 141 Å². The molecule has 0 bridgehead atoms. The molecular weight excluding hydrogens is 328 g/mol. The van der Waals surface area contributed by atoms with Gasteiger partial charge in [0.2, 0.25) is 0 Å². The minimum absolute atomic E-state index is 0.112. The van der Waals surface area contributed by atoms with Crippen LogP contribution in [0.5, 0.6) is 0 Å². The molecule has 4 rings (SSSR count). The van der Waals surface area contributed by atoms with E-state index < -0.39 is 11.9 Å². The minimum Gasteiger partial charge on any atom is -0.481 e. The highest BCUT2D eigenvalue weighted by Gasteiger charge is 2.37. The number of aliphatic carboxylic acids is 1. The van der Waals surface area contributed by atoms with Crippen LogP contribution in [0.2, 0.25) is 0 Å². The van der Waals surface area contributed by atoms with Crippen LogP contribution in [0.15, 0.2) is 52.5 Å². The summed E-state index contributed by atoms with van der Waals surface area (Å²) in [6, 6.07) is 10.6. The van der Waals surface area contributed by atoms with E-state index in [4.69, 9.17) is 4.42 Å². The van der Waals surface area contributed by atoms with Crippen LogP contribution in [0.4, 0.5) is 5.69 Å². The van der Waals surface area contributed by atoms with Gasteiger partial charge < -0.3 is 14.4 Å². The van der Waals surface area contributed by atoms with Gasteiger partial charge >= 0.3 is 5.97 Å². The lowest BCUT2D eigenvalue weighted by Gasteiger charge is -2.15. The molecule has 1 atom stereocenters. The van der Waals surface area contributed by atoms with Crippen LogP contribution in [0.1, 0.15) is 22.0 Å². The Morgan fingerprint density at radius 2 is 2.08 bits per heavy atom. The summed E-state index contributed by atoms with van der Waals surface area (Å²) in [6.45, 7) is 0.112. The zero-order valence-corrected chi connectivity index (χ0v) is 13.2. The predicted molar refractivity (Wildman–Crippen MR) is 88.3 cm³/mol. The average molecular weight is 340 g/mol. The van der Waals surface area contributed by atoms with Crippen molar-refractivity contribution in [2.45, 2.75) is 5.92 Å². The van der Waals surface area contributed by atoms with Crippen LogP contribution >= 0.6 is 11.3 Å². The van der Waals surface area contributed by atoms with Gasteiger partial charge in [-0.2, -0.15) is 0 Å². The van der Waals surface area contributed by atoms with E-state index in [9.17, 15) is 14.7 Å². The Balaban J connectivity index is 1.67. The Bertz CT molecular complexity index is 916. The smallest absolute Gasteiger partial charge is 0.312 e. The number of nitrogens with zero attached hydrogens (tertiary/aromatic N) is 2. The number of fused-ring (bicyclic) bond motifs is 1. The molecule has 1 N–H and O–H groups in total. The average Bonchev–Trinajstić information content (AvgIpc) is 3.32. The number of amides is 1. The number of carboxylic acids is 1. The third-order valence-electron chi connectivity index (χ3n) is 3.97. The summed E-state index contributed by atoms with van der Waals surface area (Å²) < 4.78 is 5.29. The number of furan rings is 1. The molecule has 120 valence electrons. The second-order valence-electron chi connectivity index (χ2n) is 5.38. The molecule has 1 aromatic carbocycles. The molecule has 0 aliphatic carbocycles. The predicted octanol–water partition coefficient (Wildman–Crippen LogP) is 3.23. The quantitative estimate of drug-likeness (QED) is 0.791. The van der Waals surface area contributed by atoms with Crippen molar-refractivity contribution in [3.05, 3.63) is 59.3 Å². The van der Waals surface area contributed by atoms with Crippen molar-refractivity contribution in [2.75, 3.05) is 11.4 Å². The number of anilines is 1. The minimum atomic E-state index is -0.938.